The molecule has 2 aromatic rings. The minimum atomic E-state index is -0.187. The van der Waals surface area contributed by atoms with Gasteiger partial charge in [-0.3, -0.25) is 0 Å². The quantitative estimate of drug-likeness (QED) is 0.752. The highest BCUT2D eigenvalue weighted by atomic mass is 16.6. The molecule has 0 unspecified atom stereocenters. The molecule has 2 fully saturated rings. The van der Waals surface area contributed by atoms with Crippen molar-refractivity contribution in [2.75, 3.05) is 19.4 Å². The molecule has 5 nitrogen and oxygen atoms in total. The third-order valence-corrected chi connectivity index (χ3v) is 7.62. The second kappa shape index (κ2) is 7.53. The Bertz CT molecular complexity index is 945. The molecule has 2 bridgehead atoms. The molecule has 158 valence electrons. The van der Waals surface area contributed by atoms with Crippen LogP contribution in [-0.2, 0) is 23.2 Å². The Morgan fingerprint density at radius 1 is 1.20 bits per heavy atom. The van der Waals surface area contributed by atoms with Crippen LogP contribution >= 0.6 is 0 Å². The fourth-order valence-electron chi connectivity index (χ4n) is 6.27. The molecule has 0 aromatic heterocycles. The summed E-state index contributed by atoms with van der Waals surface area (Å²) in [5, 5.41) is 0. The van der Waals surface area contributed by atoms with Gasteiger partial charge in [-0.1, -0.05) is 43.2 Å². The first kappa shape index (κ1) is 19.3. The summed E-state index contributed by atoms with van der Waals surface area (Å²) in [7, 11) is 1.69. The largest absolute Gasteiger partial charge is 0.495 e. The molecule has 5 rings (SSSR count). The molecule has 0 spiro atoms. The predicted molar refractivity (Wildman–Crippen MR) is 116 cm³/mol. The van der Waals surface area contributed by atoms with Crippen LogP contribution in [0.5, 0.6) is 5.75 Å². The summed E-state index contributed by atoms with van der Waals surface area (Å²) < 4.78 is 11.3. The van der Waals surface area contributed by atoms with E-state index in [0.717, 1.165) is 30.7 Å². The number of methoxy groups -OCH3 is 1. The first-order valence-electron chi connectivity index (χ1n) is 11.1. The summed E-state index contributed by atoms with van der Waals surface area (Å²) in [5.41, 5.74) is 10.8. The van der Waals surface area contributed by atoms with Crippen molar-refractivity contribution >= 4 is 11.8 Å². The molecule has 30 heavy (non-hydrogen) atoms. The highest BCUT2D eigenvalue weighted by molar-refractivity contribution is 5.69. The van der Waals surface area contributed by atoms with Crippen molar-refractivity contribution in [3.05, 3.63) is 59.2 Å². The van der Waals surface area contributed by atoms with Gasteiger partial charge in [0, 0.05) is 18.0 Å². The average molecular weight is 407 g/mol. The van der Waals surface area contributed by atoms with Crippen LogP contribution in [0.1, 0.15) is 48.8 Å². The molecule has 1 amide bonds. The van der Waals surface area contributed by atoms with Crippen molar-refractivity contribution in [1.82, 2.24) is 4.90 Å². The summed E-state index contributed by atoms with van der Waals surface area (Å²) in [6.07, 6.45) is 6.46. The van der Waals surface area contributed by atoms with E-state index in [9.17, 15) is 4.79 Å². The predicted octanol–water partition coefficient (Wildman–Crippen LogP) is 4.67. The van der Waals surface area contributed by atoms with E-state index in [1.807, 2.05) is 35.2 Å². The van der Waals surface area contributed by atoms with Gasteiger partial charge >= 0.3 is 6.09 Å². The number of rotatable bonds is 3. The van der Waals surface area contributed by atoms with E-state index >= 15 is 0 Å². The maximum Gasteiger partial charge on any atom is 0.410 e. The summed E-state index contributed by atoms with van der Waals surface area (Å²) >= 11 is 0. The van der Waals surface area contributed by atoms with E-state index in [2.05, 4.69) is 12.1 Å². The summed E-state index contributed by atoms with van der Waals surface area (Å²) in [4.78, 5) is 15.1. The van der Waals surface area contributed by atoms with Gasteiger partial charge in [-0.05, 0) is 60.4 Å². The number of nitrogens with zero attached hydrogens (tertiary/aromatic N) is 1. The van der Waals surface area contributed by atoms with Gasteiger partial charge in [0.25, 0.3) is 0 Å². The highest BCUT2D eigenvalue weighted by Crippen LogP contribution is 2.56. The molecule has 1 saturated carbocycles. The minimum Gasteiger partial charge on any atom is -0.495 e. The van der Waals surface area contributed by atoms with Crippen LogP contribution in [0.3, 0.4) is 0 Å². The Morgan fingerprint density at radius 2 is 2.03 bits per heavy atom. The van der Waals surface area contributed by atoms with Gasteiger partial charge in [0.05, 0.1) is 12.8 Å². The molecule has 2 aliphatic carbocycles. The van der Waals surface area contributed by atoms with Gasteiger partial charge in [0.15, 0.2) is 0 Å². The van der Waals surface area contributed by atoms with Gasteiger partial charge in [-0.2, -0.15) is 0 Å². The average Bonchev–Trinajstić information content (AvgIpc) is 2.78. The number of nitrogen functional groups attached to an aromatic ring is 1. The lowest BCUT2D eigenvalue weighted by molar-refractivity contribution is -0.0137. The number of fused-ring (bicyclic) bond motifs is 1. The van der Waals surface area contributed by atoms with E-state index in [-0.39, 0.29) is 17.6 Å². The van der Waals surface area contributed by atoms with Crippen molar-refractivity contribution in [2.45, 2.75) is 56.6 Å². The Hall–Kier alpha value is -2.69. The fourth-order valence-corrected chi connectivity index (χ4v) is 6.27. The molecule has 2 aromatic carbocycles. The number of amides is 1. The minimum absolute atomic E-state index is 0.133. The zero-order chi connectivity index (χ0) is 20.7. The van der Waals surface area contributed by atoms with Gasteiger partial charge in [0.2, 0.25) is 0 Å². The summed E-state index contributed by atoms with van der Waals surface area (Å²) in [5.74, 6) is 1.25. The maximum absolute atomic E-state index is 13.1. The molecule has 1 saturated heterocycles. The molecule has 3 aliphatic rings. The van der Waals surface area contributed by atoms with Crippen molar-refractivity contribution < 1.29 is 14.3 Å². The van der Waals surface area contributed by atoms with E-state index in [1.165, 1.54) is 36.8 Å². The first-order chi connectivity index (χ1) is 14.6. The number of carbonyl (C=O) groups is 1. The molecular formula is C25H30N2O3. The second-order valence-corrected chi connectivity index (χ2v) is 9.01. The summed E-state index contributed by atoms with van der Waals surface area (Å²) in [6.45, 7) is 1.07. The third kappa shape index (κ3) is 3.03. The molecular weight excluding hydrogens is 376 g/mol. The number of ether oxygens (including phenoxy) is 2. The Labute approximate surface area is 178 Å². The van der Waals surface area contributed by atoms with E-state index < -0.39 is 0 Å². The number of benzene rings is 2. The van der Waals surface area contributed by atoms with Crippen LogP contribution in [0, 0.1) is 5.92 Å². The van der Waals surface area contributed by atoms with Crippen molar-refractivity contribution in [2.24, 2.45) is 5.92 Å². The SMILES string of the molecule is COc1cc2c(cc1N)C[C@H]1[C@H]3CCCC[C@@]23CCN1C(=O)OCc1ccccc1. The zero-order valence-electron chi connectivity index (χ0n) is 17.6. The number of hydrogen-bond acceptors (Lipinski definition) is 4. The van der Waals surface area contributed by atoms with Crippen LogP contribution in [0.15, 0.2) is 42.5 Å². The maximum atomic E-state index is 13.1. The number of hydrogen-bond donors (Lipinski definition) is 1. The van der Waals surface area contributed by atoms with Crippen LogP contribution in [0.2, 0.25) is 0 Å². The number of carbonyl (C=O) groups excluding carboxylic acids is 1. The Kier molecular flexibility index (Phi) is 4.84. The van der Waals surface area contributed by atoms with Crippen molar-refractivity contribution in [1.29, 1.82) is 0 Å². The number of likely N-dealkylation sites (tertiary alicyclic amines) is 1. The normalized spacial score (nSPS) is 27.0. The van der Waals surface area contributed by atoms with Gasteiger partial charge in [-0.15, -0.1) is 0 Å². The Balaban J connectivity index is 1.44. The summed E-state index contributed by atoms with van der Waals surface area (Å²) in [6, 6.07) is 14.3. The molecule has 5 heteroatoms. The van der Waals surface area contributed by atoms with E-state index in [0.29, 0.717) is 18.2 Å². The number of piperidine rings is 1. The number of nitrogens with two attached hydrogens (primary N) is 1. The second-order valence-electron chi connectivity index (χ2n) is 9.01. The first-order valence-corrected chi connectivity index (χ1v) is 11.1. The monoisotopic (exact) mass is 406 g/mol. The highest BCUT2D eigenvalue weighted by Gasteiger charge is 2.55. The molecule has 2 N–H and O–H groups in total. The molecule has 1 heterocycles. The van der Waals surface area contributed by atoms with Gasteiger partial charge in [0.1, 0.15) is 12.4 Å². The van der Waals surface area contributed by atoms with Crippen LogP contribution in [0.4, 0.5) is 10.5 Å². The fraction of sp³-hybridized carbons (Fsp3) is 0.480. The van der Waals surface area contributed by atoms with E-state index in [1.54, 1.807) is 7.11 Å². The van der Waals surface area contributed by atoms with Crippen molar-refractivity contribution in [3.8, 4) is 5.75 Å². The smallest absolute Gasteiger partial charge is 0.410 e. The number of anilines is 1. The zero-order valence-corrected chi connectivity index (χ0v) is 17.6. The topological polar surface area (TPSA) is 64.8 Å². The van der Waals surface area contributed by atoms with Crippen LogP contribution in [-0.4, -0.2) is 30.7 Å². The molecule has 3 atom stereocenters. The van der Waals surface area contributed by atoms with Gasteiger partial charge in [-0.25, -0.2) is 4.79 Å². The third-order valence-electron chi connectivity index (χ3n) is 7.62. The molecule has 1 aliphatic heterocycles. The van der Waals surface area contributed by atoms with Crippen molar-refractivity contribution in [3.63, 3.8) is 0 Å². The Morgan fingerprint density at radius 3 is 2.83 bits per heavy atom. The van der Waals surface area contributed by atoms with Crippen LogP contribution in [0.25, 0.3) is 0 Å². The lowest BCUT2D eigenvalue weighted by atomic mass is 9.52. The van der Waals surface area contributed by atoms with Crippen LogP contribution < -0.4 is 10.5 Å². The standard InChI is InChI=1S/C25H30N2O3/c1-29-23-15-20-18(13-21(23)26)14-22-19-9-5-6-10-25(19,20)11-12-27(22)24(28)30-16-17-7-3-2-4-8-17/h2-4,7-8,13,15,19,22H,5-6,9-12,14,16,26H2,1H3/t19-,22+,25+/m1/s1. The molecule has 0 radical (unpaired) electrons. The lowest BCUT2D eigenvalue weighted by Gasteiger charge is -2.58. The lowest BCUT2D eigenvalue weighted by Crippen LogP contribution is -2.62. The van der Waals surface area contributed by atoms with Gasteiger partial charge < -0.3 is 20.1 Å². The van der Waals surface area contributed by atoms with E-state index in [4.69, 9.17) is 15.2 Å².